The minimum Gasteiger partial charge on any atom is -0.508 e. The van der Waals surface area contributed by atoms with Crippen LogP contribution >= 0.6 is 11.3 Å². The number of amides is 3. The number of benzene rings is 6. The van der Waals surface area contributed by atoms with Gasteiger partial charge in [0.25, 0.3) is 5.69 Å². The summed E-state index contributed by atoms with van der Waals surface area (Å²) in [6, 6.07) is 40.9. The molecule has 2 N–H and O–H groups in total. The van der Waals surface area contributed by atoms with E-state index in [4.69, 9.17) is 9.47 Å². The smallest absolute Gasteiger partial charge is 0.421 e. The zero-order chi connectivity index (χ0) is 43.4. The maximum atomic E-state index is 16.1. The van der Waals surface area contributed by atoms with Crippen molar-refractivity contribution >= 4 is 61.9 Å². The Kier molecular flexibility index (Phi) is 9.76. The van der Waals surface area contributed by atoms with Gasteiger partial charge in [-0.1, -0.05) is 114 Å². The molecule has 6 atom stereocenters. The van der Waals surface area contributed by atoms with Gasteiger partial charge in [0.15, 0.2) is 5.13 Å². The van der Waals surface area contributed by atoms with Gasteiger partial charge in [0.05, 0.1) is 38.8 Å². The normalized spacial score (nSPS) is 22.7. The minimum atomic E-state index is -2.02. The van der Waals surface area contributed by atoms with E-state index in [0.717, 1.165) is 15.2 Å². The van der Waals surface area contributed by atoms with E-state index in [9.17, 15) is 20.0 Å². The number of hydrogen-bond donors (Lipinski definition) is 2. The third-order valence-corrected chi connectivity index (χ3v) is 13.0. The Hall–Kier alpha value is -7.75. The van der Waals surface area contributed by atoms with Crippen LogP contribution in [0.15, 0.2) is 158 Å². The van der Waals surface area contributed by atoms with E-state index in [1.807, 2.05) is 89.8 Å². The lowest BCUT2D eigenvalue weighted by Crippen LogP contribution is -2.54. The molecule has 312 valence electrons. The highest BCUT2D eigenvalue weighted by Crippen LogP contribution is 2.66. The zero-order valence-corrected chi connectivity index (χ0v) is 33.8. The predicted octanol–water partition coefficient (Wildman–Crippen LogP) is 8.55. The number of nitrogens with zero attached hydrogens (tertiary/aromatic N) is 4. The second-order valence-electron chi connectivity index (χ2n) is 15.5. The predicted molar refractivity (Wildman–Crippen MR) is 232 cm³/mol. The molecule has 1 spiro atoms. The summed E-state index contributed by atoms with van der Waals surface area (Å²) < 4.78 is 13.1. The van der Waals surface area contributed by atoms with E-state index in [1.165, 1.54) is 47.7 Å². The highest BCUT2D eigenvalue weighted by atomic mass is 32.1. The van der Waals surface area contributed by atoms with Crippen molar-refractivity contribution in [3.05, 3.63) is 196 Å². The van der Waals surface area contributed by atoms with Crippen LogP contribution in [-0.2, 0) is 35.9 Å². The molecule has 6 aromatic carbocycles. The molecule has 0 radical (unpaired) electrons. The highest BCUT2D eigenvalue weighted by Gasteiger charge is 2.75. The van der Waals surface area contributed by atoms with Gasteiger partial charge >= 0.3 is 12.1 Å². The number of anilines is 2. The molecule has 0 saturated carbocycles. The van der Waals surface area contributed by atoms with Crippen LogP contribution in [0.2, 0.25) is 0 Å². The van der Waals surface area contributed by atoms with E-state index < -0.39 is 64.4 Å². The molecule has 0 unspecified atom stereocenters. The number of para-hydroxylation sites is 2. The number of morpholine rings is 1. The van der Waals surface area contributed by atoms with Crippen molar-refractivity contribution in [3.8, 4) is 5.75 Å². The standard InChI is InChI=1S/C48H35N5O9S/c54-33-25-21-31(22-26-33)42-48(34-15-7-9-17-36(34)51(45(48)57)47(58)61-27-28-19-23-32(24-20-28)53(59)60)38(43(55)50-46-49-35-16-8-10-18-37(35)63-46)40-44(56)62-41(30-13-5-2-6-14-30)39(52(40)42)29-11-3-1-4-12-29/h1-26,38-42,54H,27H2,(H,49,50,55)/t38-,39-,40-,41+,42+,48-/m1/s1. The van der Waals surface area contributed by atoms with Crippen molar-refractivity contribution in [2.75, 3.05) is 10.2 Å². The van der Waals surface area contributed by atoms with E-state index in [2.05, 4.69) is 10.3 Å². The van der Waals surface area contributed by atoms with Crippen LogP contribution in [-0.4, -0.2) is 49.8 Å². The number of aromatic nitrogens is 1. The Morgan fingerprint density at radius 2 is 1.44 bits per heavy atom. The van der Waals surface area contributed by atoms with Gasteiger partial charge in [0.2, 0.25) is 11.8 Å². The molecule has 63 heavy (non-hydrogen) atoms. The topological polar surface area (TPSA) is 182 Å². The van der Waals surface area contributed by atoms with Crippen molar-refractivity contribution < 1.29 is 38.7 Å². The van der Waals surface area contributed by atoms with Crippen molar-refractivity contribution in [3.63, 3.8) is 0 Å². The Morgan fingerprint density at radius 1 is 0.794 bits per heavy atom. The summed E-state index contributed by atoms with van der Waals surface area (Å²) in [6.45, 7) is -0.339. The van der Waals surface area contributed by atoms with Crippen molar-refractivity contribution in [1.82, 2.24) is 9.88 Å². The van der Waals surface area contributed by atoms with Crippen LogP contribution < -0.4 is 10.2 Å². The summed E-state index contributed by atoms with van der Waals surface area (Å²) in [6.07, 6.45) is -1.98. The van der Waals surface area contributed by atoms with Gasteiger partial charge in [-0.25, -0.2) is 14.7 Å². The van der Waals surface area contributed by atoms with Crippen molar-refractivity contribution in [2.45, 2.75) is 36.3 Å². The number of esters is 1. The fourth-order valence-corrected chi connectivity index (χ4v) is 10.4. The first-order valence-electron chi connectivity index (χ1n) is 20.0. The fraction of sp³-hybridized carbons (Fsp3) is 0.146. The van der Waals surface area contributed by atoms with Gasteiger partial charge in [-0.15, -0.1) is 0 Å². The monoisotopic (exact) mass is 857 g/mol. The van der Waals surface area contributed by atoms with Crippen LogP contribution in [0, 0.1) is 16.0 Å². The van der Waals surface area contributed by atoms with E-state index in [1.54, 1.807) is 36.4 Å². The van der Waals surface area contributed by atoms with E-state index >= 15 is 14.4 Å². The molecular formula is C48H35N5O9S. The third kappa shape index (κ3) is 6.47. The Bertz CT molecular complexity index is 2900. The van der Waals surface area contributed by atoms with Crippen molar-refractivity contribution in [1.29, 1.82) is 0 Å². The van der Waals surface area contributed by atoms with E-state index in [-0.39, 0.29) is 34.4 Å². The largest absolute Gasteiger partial charge is 0.508 e. The van der Waals surface area contributed by atoms with Gasteiger partial charge in [0, 0.05) is 12.1 Å². The number of fused-ring (bicyclic) bond motifs is 4. The number of carbonyl (C=O) groups excluding carboxylic acids is 4. The summed E-state index contributed by atoms with van der Waals surface area (Å²) in [5.74, 6) is -3.91. The molecule has 2 saturated heterocycles. The Balaban J connectivity index is 1.19. The number of phenolic OH excluding ortho intramolecular Hbond substituents is 1. The first kappa shape index (κ1) is 39.4. The first-order valence-corrected chi connectivity index (χ1v) is 20.8. The lowest BCUT2D eigenvalue weighted by Gasteiger charge is -2.46. The third-order valence-electron chi connectivity index (χ3n) is 12.1. The van der Waals surface area contributed by atoms with Crippen molar-refractivity contribution in [2.24, 2.45) is 5.92 Å². The van der Waals surface area contributed by atoms with Crippen LogP contribution in [0.4, 0.5) is 21.3 Å². The quantitative estimate of drug-likeness (QED) is 0.0849. The highest BCUT2D eigenvalue weighted by molar-refractivity contribution is 7.22. The maximum Gasteiger partial charge on any atom is 0.421 e. The number of nitrogens with one attached hydrogen (secondary N) is 1. The molecule has 3 amide bonds. The second-order valence-corrected chi connectivity index (χ2v) is 16.5. The fourth-order valence-electron chi connectivity index (χ4n) is 9.53. The number of ether oxygens (including phenoxy) is 2. The SMILES string of the molecule is O=C1O[C@@H](c2ccccc2)[C@@H](c2ccccc2)N2[C@@H](c3ccc(O)cc3)[C@]3(C(=O)N(C(=O)OCc4ccc([N+](=O)[O-])cc4)c4ccccc43)[C@@H](C(=O)Nc3nc4ccccc4s3)[C@H]12. The second kappa shape index (κ2) is 15.6. The molecular weight excluding hydrogens is 823 g/mol. The van der Waals surface area contributed by atoms with Crippen LogP contribution in [0.1, 0.15) is 46.0 Å². The number of cyclic esters (lactones) is 1. The van der Waals surface area contributed by atoms with Gasteiger partial charge in [-0.3, -0.25) is 29.4 Å². The number of nitro benzene ring substituents is 1. The number of thiazole rings is 1. The van der Waals surface area contributed by atoms with Gasteiger partial charge in [-0.05, 0) is 70.3 Å². The molecule has 10 rings (SSSR count). The maximum absolute atomic E-state index is 16.1. The number of non-ortho nitro benzene ring substituents is 1. The molecule has 7 aromatic rings. The number of phenols is 1. The lowest BCUT2D eigenvalue weighted by molar-refractivity contribution is -0.384. The minimum absolute atomic E-state index is 0.0538. The molecule has 4 heterocycles. The Labute approximate surface area is 363 Å². The summed E-state index contributed by atoms with van der Waals surface area (Å²) in [7, 11) is 0. The molecule has 14 nitrogen and oxygen atoms in total. The summed E-state index contributed by atoms with van der Waals surface area (Å²) in [5.41, 5.74) is 1.20. The summed E-state index contributed by atoms with van der Waals surface area (Å²) in [5, 5.41) is 25.1. The molecule has 15 heteroatoms. The first-order chi connectivity index (χ1) is 30.6. The average Bonchev–Trinajstić information content (AvgIpc) is 3.95. The van der Waals surface area contributed by atoms with Crippen LogP contribution in [0.5, 0.6) is 5.75 Å². The molecule has 3 aliphatic heterocycles. The van der Waals surface area contributed by atoms with E-state index in [0.29, 0.717) is 22.2 Å². The lowest BCUT2D eigenvalue weighted by atomic mass is 9.65. The van der Waals surface area contributed by atoms with Gasteiger partial charge in [-0.2, -0.15) is 0 Å². The molecule has 1 aromatic heterocycles. The molecule has 0 aliphatic carbocycles. The molecule has 0 bridgehead atoms. The van der Waals surface area contributed by atoms with Crippen LogP contribution in [0.25, 0.3) is 10.2 Å². The molecule has 2 fully saturated rings. The molecule has 3 aliphatic rings. The Morgan fingerprint density at radius 3 is 2.14 bits per heavy atom. The summed E-state index contributed by atoms with van der Waals surface area (Å²) >= 11 is 1.23. The van der Waals surface area contributed by atoms with Crippen LogP contribution in [0.3, 0.4) is 0 Å². The number of nitro groups is 1. The number of aromatic hydroxyl groups is 1. The number of carbonyl (C=O) groups is 4. The zero-order valence-electron chi connectivity index (χ0n) is 33.0. The van der Waals surface area contributed by atoms with Gasteiger partial charge in [0.1, 0.15) is 29.9 Å². The number of hydrogen-bond acceptors (Lipinski definition) is 12. The number of rotatable bonds is 8. The number of imide groups is 1. The average molecular weight is 858 g/mol. The van der Waals surface area contributed by atoms with Gasteiger partial charge < -0.3 is 19.9 Å². The summed E-state index contributed by atoms with van der Waals surface area (Å²) in [4.78, 5) is 79.4.